The number of aromatic amines is 1. The lowest BCUT2D eigenvalue weighted by atomic mass is 9.93. The topological polar surface area (TPSA) is 94.1 Å². The van der Waals surface area contributed by atoms with Crippen LogP contribution in [0, 0.1) is 0 Å². The largest absolute Gasteiger partial charge is 0.505 e. The van der Waals surface area contributed by atoms with Gasteiger partial charge >= 0.3 is 0 Å². The first-order chi connectivity index (χ1) is 12.5. The Bertz CT molecular complexity index is 929. The number of H-pyrrole nitrogens is 1. The third-order valence-electron chi connectivity index (χ3n) is 4.84. The first kappa shape index (κ1) is 17.4. The normalized spacial score (nSPS) is 20.4. The van der Waals surface area contributed by atoms with E-state index in [1.54, 1.807) is 12.1 Å². The Balaban J connectivity index is 1.75. The number of aliphatic hydroxyl groups excluding tert-OH is 1. The fraction of sp³-hybridized carbons (Fsp3) is 0.333. The van der Waals surface area contributed by atoms with Crippen LogP contribution < -0.4 is 5.32 Å². The number of phenolic OH excluding ortho intramolecular Hbond substituents is 1. The molecule has 0 atom stereocenters. The lowest BCUT2D eigenvalue weighted by Crippen LogP contribution is -2.28. The lowest BCUT2D eigenvalue weighted by Gasteiger charge is -2.26. The standard InChI is InChI=1S/C18H18Cl2N4O2/c19-13-5-9(6-14(20)16(13)26)12-7-21-17-15(12)18(23-8-22-17)24-10-1-3-11(25)4-2-10/h5-8,10-11,25-26H,1-4H2,(H2,21,22,23,24)/t10-,11+. The SMILES string of the molecule is Oc1c(Cl)cc(-c2c[nH]c3ncnc(N[C@H]4CC[C@@H](O)CC4)c23)cc1Cl. The summed E-state index contributed by atoms with van der Waals surface area (Å²) in [7, 11) is 0. The summed E-state index contributed by atoms with van der Waals surface area (Å²) >= 11 is 12.2. The number of benzene rings is 1. The molecule has 0 unspecified atom stereocenters. The number of aromatic nitrogens is 3. The van der Waals surface area contributed by atoms with E-state index in [9.17, 15) is 10.2 Å². The molecule has 136 valence electrons. The predicted molar refractivity (Wildman–Crippen MR) is 103 cm³/mol. The first-order valence-corrected chi connectivity index (χ1v) is 9.23. The molecule has 8 heteroatoms. The second kappa shape index (κ2) is 6.95. The number of aliphatic hydroxyl groups is 1. The highest BCUT2D eigenvalue weighted by molar-refractivity contribution is 6.37. The van der Waals surface area contributed by atoms with Gasteiger partial charge < -0.3 is 20.5 Å². The Kier molecular flexibility index (Phi) is 4.65. The molecule has 4 rings (SSSR count). The lowest BCUT2D eigenvalue weighted by molar-refractivity contribution is 0.126. The minimum absolute atomic E-state index is 0.132. The van der Waals surface area contributed by atoms with Crippen LogP contribution in [0.3, 0.4) is 0 Å². The zero-order valence-electron chi connectivity index (χ0n) is 13.8. The van der Waals surface area contributed by atoms with Crippen LogP contribution in [-0.4, -0.2) is 37.3 Å². The van der Waals surface area contributed by atoms with Gasteiger partial charge in [0.2, 0.25) is 0 Å². The van der Waals surface area contributed by atoms with E-state index in [0.717, 1.165) is 48.0 Å². The van der Waals surface area contributed by atoms with Crippen molar-refractivity contribution in [3.05, 3.63) is 34.7 Å². The van der Waals surface area contributed by atoms with Gasteiger partial charge in [0.25, 0.3) is 0 Å². The van der Waals surface area contributed by atoms with Crippen LogP contribution in [0.1, 0.15) is 25.7 Å². The van der Waals surface area contributed by atoms with Crippen LogP contribution in [0.4, 0.5) is 5.82 Å². The van der Waals surface area contributed by atoms with Gasteiger partial charge in [-0.2, -0.15) is 0 Å². The smallest absolute Gasteiger partial charge is 0.152 e. The van der Waals surface area contributed by atoms with E-state index in [-0.39, 0.29) is 27.9 Å². The van der Waals surface area contributed by atoms with Crippen molar-refractivity contribution in [3.63, 3.8) is 0 Å². The van der Waals surface area contributed by atoms with Gasteiger partial charge in [0, 0.05) is 17.8 Å². The summed E-state index contributed by atoms with van der Waals surface area (Å²) in [5.41, 5.74) is 2.32. The molecule has 0 amide bonds. The molecule has 2 aromatic heterocycles. The van der Waals surface area contributed by atoms with Crippen LogP contribution in [0.5, 0.6) is 5.75 Å². The summed E-state index contributed by atoms with van der Waals surface area (Å²) in [6.07, 6.45) is 6.49. The average molecular weight is 393 g/mol. The maximum Gasteiger partial charge on any atom is 0.152 e. The van der Waals surface area contributed by atoms with Gasteiger partial charge in [0.15, 0.2) is 5.75 Å². The molecule has 26 heavy (non-hydrogen) atoms. The van der Waals surface area contributed by atoms with Crippen LogP contribution in [-0.2, 0) is 0 Å². The number of nitrogens with zero attached hydrogens (tertiary/aromatic N) is 2. The summed E-state index contributed by atoms with van der Waals surface area (Å²) < 4.78 is 0. The van der Waals surface area contributed by atoms with Crippen molar-refractivity contribution < 1.29 is 10.2 Å². The molecule has 3 aromatic rings. The highest BCUT2D eigenvalue weighted by Crippen LogP contribution is 2.40. The Hall–Kier alpha value is -2.02. The van der Waals surface area contributed by atoms with Crippen molar-refractivity contribution in [2.45, 2.75) is 37.8 Å². The van der Waals surface area contributed by atoms with Crippen molar-refractivity contribution in [1.29, 1.82) is 0 Å². The van der Waals surface area contributed by atoms with Crippen LogP contribution >= 0.6 is 23.2 Å². The molecule has 0 saturated heterocycles. The second-order valence-electron chi connectivity index (χ2n) is 6.59. The summed E-state index contributed by atoms with van der Waals surface area (Å²) in [5.74, 6) is 0.597. The van der Waals surface area contributed by atoms with Gasteiger partial charge in [-0.1, -0.05) is 23.2 Å². The highest BCUT2D eigenvalue weighted by Gasteiger charge is 2.22. The zero-order chi connectivity index (χ0) is 18.3. The number of anilines is 1. The summed E-state index contributed by atoms with van der Waals surface area (Å²) in [4.78, 5) is 11.9. The first-order valence-electron chi connectivity index (χ1n) is 8.48. The number of nitrogens with one attached hydrogen (secondary N) is 2. The van der Waals surface area contributed by atoms with Gasteiger partial charge in [-0.15, -0.1) is 0 Å². The minimum atomic E-state index is -0.206. The predicted octanol–water partition coefficient (Wildman–Crippen LogP) is 4.35. The zero-order valence-corrected chi connectivity index (χ0v) is 15.3. The van der Waals surface area contributed by atoms with E-state index in [1.165, 1.54) is 6.33 Å². The van der Waals surface area contributed by atoms with Crippen molar-refractivity contribution in [2.24, 2.45) is 0 Å². The van der Waals surface area contributed by atoms with Gasteiger partial charge in [0.05, 0.1) is 21.5 Å². The van der Waals surface area contributed by atoms with Crippen molar-refractivity contribution in [1.82, 2.24) is 15.0 Å². The molecule has 0 radical (unpaired) electrons. The third-order valence-corrected chi connectivity index (χ3v) is 5.41. The molecular weight excluding hydrogens is 375 g/mol. The molecule has 0 spiro atoms. The Morgan fingerprint density at radius 1 is 1.08 bits per heavy atom. The van der Waals surface area contributed by atoms with Gasteiger partial charge in [-0.3, -0.25) is 0 Å². The highest BCUT2D eigenvalue weighted by atomic mass is 35.5. The van der Waals surface area contributed by atoms with Crippen LogP contribution in [0.15, 0.2) is 24.7 Å². The van der Waals surface area contributed by atoms with E-state index in [0.29, 0.717) is 5.65 Å². The van der Waals surface area contributed by atoms with Gasteiger partial charge in [-0.25, -0.2) is 9.97 Å². The molecule has 6 nitrogen and oxygen atoms in total. The molecule has 1 fully saturated rings. The Morgan fingerprint density at radius 3 is 2.46 bits per heavy atom. The summed E-state index contributed by atoms with van der Waals surface area (Å²) in [6, 6.07) is 3.59. The molecule has 1 aliphatic carbocycles. The summed E-state index contributed by atoms with van der Waals surface area (Å²) in [6.45, 7) is 0. The number of phenols is 1. The van der Waals surface area contributed by atoms with E-state index in [1.807, 2.05) is 6.20 Å². The van der Waals surface area contributed by atoms with E-state index in [2.05, 4.69) is 20.3 Å². The maximum absolute atomic E-state index is 9.80. The molecule has 0 aliphatic heterocycles. The van der Waals surface area contributed by atoms with Gasteiger partial charge in [-0.05, 0) is 43.4 Å². The van der Waals surface area contributed by atoms with Crippen LogP contribution in [0.25, 0.3) is 22.2 Å². The quantitative estimate of drug-likeness (QED) is 0.531. The second-order valence-corrected chi connectivity index (χ2v) is 7.40. The van der Waals surface area contributed by atoms with Crippen molar-refractivity contribution >= 4 is 40.1 Å². The van der Waals surface area contributed by atoms with Gasteiger partial charge in [0.1, 0.15) is 17.8 Å². The molecule has 0 bridgehead atoms. The minimum Gasteiger partial charge on any atom is -0.505 e. The maximum atomic E-state index is 9.80. The number of aromatic hydroxyl groups is 1. The molecule has 2 heterocycles. The van der Waals surface area contributed by atoms with Crippen molar-refractivity contribution in [3.8, 4) is 16.9 Å². The fourth-order valence-electron chi connectivity index (χ4n) is 3.43. The fourth-order valence-corrected chi connectivity index (χ4v) is 3.92. The monoisotopic (exact) mass is 392 g/mol. The van der Waals surface area contributed by atoms with Crippen molar-refractivity contribution in [2.75, 3.05) is 5.32 Å². The molecule has 1 aromatic carbocycles. The average Bonchev–Trinajstić information content (AvgIpc) is 3.06. The molecular formula is C18H18Cl2N4O2. The third kappa shape index (κ3) is 3.20. The number of halogens is 2. The number of rotatable bonds is 3. The Morgan fingerprint density at radius 2 is 1.77 bits per heavy atom. The molecule has 4 N–H and O–H groups in total. The number of hydrogen-bond donors (Lipinski definition) is 4. The molecule has 1 aliphatic rings. The number of fused-ring (bicyclic) bond motifs is 1. The number of hydrogen-bond acceptors (Lipinski definition) is 5. The van der Waals surface area contributed by atoms with E-state index >= 15 is 0 Å². The molecule has 1 saturated carbocycles. The van der Waals surface area contributed by atoms with Crippen LogP contribution in [0.2, 0.25) is 10.0 Å². The van der Waals surface area contributed by atoms with E-state index < -0.39 is 0 Å². The Labute approximate surface area is 160 Å². The van der Waals surface area contributed by atoms with E-state index in [4.69, 9.17) is 23.2 Å². The summed E-state index contributed by atoms with van der Waals surface area (Å²) in [5, 5.41) is 24.2.